The molecule has 24 heavy (non-hydrogen) atoms. The number of rotatable bonds is 11. The molecule has 0 saturated carbocycles. The van der Waals surface area contributed by atoms with Gasteiger partial charge in [0.25, 0.3) is 0 Å². The molecular formula is C19H29N3O2. The summed E-state index contributed by atoms with van der Waals surface area (Å²) in [6, 6.07) is 1.63. The minimum atomic E-state index is -0.995. The number of carboxylic acid groups (broad SMARTS) is 1. The number of unbranched alkanes of at least 4 members (excludes halogenated alkanes) is 7. The molecule has 0 radical (unpaired) electrons. The maximum atomic E-state index is 11.1. The van der Waals surface area contributed by atoms with Crippen LogP contribution in [-0.2, 0) is 13.0 Å². The van der Waals surface area contributed by atoms with Gasteiger partial charge in [-0.1, -0.05) is 51.9 Å². The van der Waals surface area contributed by atoms with Gasteiger partial charge in [0.15, 0.2) is 0 Å². The number of carboxylic acids is 1. The van der Waals surface area contributed by atoms with Gasteiger partial charge in [0.1, 0.15) is 17.0 Å². The van der Waals surface area contributed by atoms with Crippen molar-refractivity contribution in [2.24, 2.45) is 0 Å². The largest absolute Gasteiger partial charge is 0.477 e. The molecule has 0 aliphatic rings. The van der Waals surface area contributed by atoms with Crippen molar-refractivity contribution in [1.82, 2.24) is 14.5 Å². The highest BCUT2D eigenvalue weighted by atomic mass is 16.4. The van der Waals surface area contributed by atoms with Crippen LogP contribution in [0.1, 0.15) is 81.5 Å². The first-order valence-corrected chi connectivity index (χ1v) is 9.25. The standard InChI is InChI=1S/C19H29N3O2/c1-3-5-6-7-8-9-10-11-12-18-21-16-14-20-15(19(23)24)13-17(16)22(18)4-2/h13-14H,3-12H2,1-2H3,(H,23,24). The number of aromatic nitrogens is 3. The van der Waals surface area contributed by atoms with Crippen LogP contribution in [-0.4, -0.2) is 25.6 Å². The Bertz CT molecular complexity index is 664. The van der Waals surface area contributed by atoms with Crippen molar-refractivity contribution in [2.75, 3.05) is 0 Å². The summed E-state index contributed by atoms with van der Waals surface area (Å²) in [6.45, 7) is 5.11. The van der Waals surface area contributed by atoms with E-state index < -0.39 is 5.97 Å². The molecule has 2 aromatic rings. The number of carbonyl (C=O) groups is 1. The molecule has 2 rings (SSSR count). The van der Waals surface area contributed by atoms with E-state index >= 15 is 0 Å². The topological polar surface area (TPSA) is 68.0 Å². The summed E-state index contributed by atoms with van der Waals surface area (Å²) in [6.07, 6.45) is 12.9. The highest BCUT2D eigenvalue weighted by Gasteiger charge is 2.13. The summed E-state index contributed by atoms with van der Waals surface area (Å²) in [5.74, 6) is 0.0493. The molecule has 5 heteroatoms. The molecule has 0 aliphatic heterocycles. The van der Waals surface area contributed by atoms with E-state index in [1.54, 1.807) is 12.3 Å². The smallest absolute Gasteiger partial charge is 0.354 e. The zero-order valence-corrected chi connectivity index (χ0v) is 14.9. The lowest BCUT2D eigenvalue weighted by Gasteiger charge is -2.06. The molecule has 0 unspecified atom stereocenters. The Hall–Kier alpha value is -1.91. The van der Waals surface area contributed by atoms with Crippen LogP contribution in [0.4, 0.5) is 0 Å². The molecule has 0 spiro atoms. The van der Waals surface area contributed by atoms with Crippen molar-refractivity contribution in [3.8, 4) is 0 Å². The normalized spacial score (nSPS) is 11.2. The number of hydrogen-bond donors (Lipinski definition) is 1. The third-order valence-corrected chi connectivity index (χ3v) is 4.50. The molecule has 0 bridgehead atoms. The van der Waals surface area contributed by atoms with E-state index in [-0.39, 0.29) is 5.69 Å². The van der Waals surface area contributed by atoms with Crippen LogP contribution in [0.2, 0.25) is 0 Å². The van der Waals surface area contributed by atoms with Crippen LogP contribution in [0.25, 0.3) is 11.0 Å². The fourth-order valence-corrected chi connectivity index (χ4v) is 3.16. The average molecular weight is 331 g/mol. The molecular weight excluding hydrogens is 302 g/mol. The van der Waals surface area contributed by atoms with Gasteiger partial charge >= 0.3 is 5.97 Å². The molecule has 1 N–H and O–H groups in total. The van der Waals surface area contributed by atoms with Crippen LogP contribution in [0.5, 0.6) is 0 Å². The van der Waals surface area contributed by atoms with Crippen molar-refractivity contribution in [1.29, 1.82) is 0 Å². The molecule has 132 valence electrons. The summed E-state index contributed by atoms with van der Waals surface area (Å²) in [5, 5.41) is 9.10. The Morgan fingerprint density at radius 3 is 2.38 bits per heavy atom. The molecule has 2 heterocycles. The third kappa shape index (κ3) is 4.79. The molecule has 0 fully saturated rings. The number of pyridine rings is 1. The second-order valence-electron chi connectivity index (χ2n) is 6.36. The van der Waals surface area contributed by atoms with Crippen LogP contribution >= 0.6 is 0 Å². The minimum absolute atomic E-state index is 0.0794. The van der Waals surface area contributed by atoms with E-state index in [0.29, 0.717) is 0 Å². The van der Waals surface area contributed by atoms with Gasteiger partial charge in [0.2, 0.25) is 0 Å². The Balaban J connectivity index is 1.91. The first-order chi connectivity index (χ1) is 11.7. The van der Waals surface area contributed by atoms with Crippen molar-refractivity contribution in [2.45, 2.75) is 78.2 Å². The summed E-state index contributed by atoms with van der Waals surface area (Å²) >= 11 is 0. The number of hydrogen-bond acceptors (Lipinski definition) is 3. The maximum absolute atomic E-state index is 11.1. The van der Waals surface area contributed by atoms with Crippen LogP contribution in [0.3, 0.4) is 0 Å². The van der Waals surface area contributed by atoms with E-state index in [1.807, 2.05) is 0 Å². The van der Waals surface area contributed by atoms with Crippen molar-refractivity contribution in [3.63, 3.8) is 0 Å². The first-order valence-electron chi connectivity index (χ1n) is 9.25. The van der Waals surface area contributed by atoms with Crippen LogP contribution in [0, 0.1) is 0 Å². The van der Waals surface area contributed by atoms with Gasteiger partial charge in [-0.05, 0) is 19.4 Å². The predicted octanol–water partition coefficient (Wildman–Crippen LogP) is 4.83. The number of nitrogens with zero attached hydrogens (tertiary/aromatic N) is 3. The Labute approximate surface area is 144 Å². The average Bonchev–Trinajstić information content (AvgIpc) is 2.93. The van der Waals surface area contributed by atoms with Crippen LogP contribution in [0.15, 0.2) is 12.3 Å². The molecule has 0 aromatic carbocycles. The fraction of sp³-hybridized carbons (Fsp3) is 0.632. The predicted molar refractivity (Wildman–Crippen MR) is 96.5 cm³/mol. The second-order valence-corrected chi connectivity index (χ2v) is 6.36. The zero-order chi connectivity index (χ0) is 17.4. The number of aromatic carboxylic acids is 1. The molecule has 0 saturated heterocycles. The quantitative estimate of drug-likeness (QED) is 0.599. The molecule has 0 atom stereocenters. The van der Waals surface area contributed by atoms with Crippen molar-refractivity contribution >= 4 is 17.0 Å². The fourth-order valence-electron chi connectivity index (χ4n) is 3.16. The van der Waals surface area contributed by atoms with Gasteiger partial charge < -0.3 is 9.67 Å². The van der Waals surface area contributed by atoms with E-state index in [4.69, 9.17) is 5.11 Å². The number of aryl methyl sites for hydroxylation is 2. The zero-order valence-electron chi connectivity index (χ0n) is 14.9. The van der Waals surface area contributed by atoms with Gasteiger partial charge in [-0.2, -0.15) is 0 Å². The Kier molecular flexibility index (Phi) is 7.22. The number of imidazole rings is 1. The summed E-state index contributed by atoms with van der Waals surface area (Å²) in [5.41, 5.74) is 1.74. The van der Waals surface area contributed by atoms with Gasteiger partial charge in [-0.15, -0.1) is 0 Å². The lowest BCUT2D eigenvalue weighted by molar-refractivity contribution is 0.0690. The second kappa shape index (κ2) is 9.40. The van der Waals surface area contributed by atoms with Gasteiger partial charge in [0, 0.05) is 13.0 Å². The first kappa shape index (κ1) is 18.4. The van der Waals surface area contributed by atoms with Gasteiger partial charge in [0.05, 0.1) is 11.7 Å². The Morgan fingerprint density at radius 1 is 1.08 bits per heavy atom. The summed E-state index contributed by atoms with van der Waals surface area (Å²) < 4.78 is 2.12. The summed E-state index contributed by atoms with van der Waals surface area (Å²) in [4.78, 5) is 19.7. The highest BCUT2D eigenvalue weighted by Crippen LogP contribution is 2.19. The highest BCUT2D eigenvalue weighted by molar-refractivity contribution is 5.89. The molecule has 0 amide bonds. The van der Waals surface area contributed by atoms with E-state index in [1.165, 1.54) is 44.9 Å². The van der Waals surface area contributed by atoms with Crippen molar-refractivity contribution in [3.05, 3.63) is 23.8 Å². The number of fused-ring (bicyclic) bond motifs is 1. The lowest BCUT2D eigenvalue weighted by atomic mass is 10.1. The lowest BCUT2D eigenvalue weighted by Crippen LogP contribution is -2.03. The van der Waals surface area contributed by atoms with E-state index in [9.17, 15) is 4.79 Å². The Morgan fingerprint density at radius 2 is 1.75 bits per heavy atom. The maximum Gasteiger partial charge on any atom is 0.354 e. The molecule has 2 aromatic heterocycles. The monoisotopic (exact) mass is 331 g/mol. The van der Waals surface area contributed by atoms with Crippen LogP contribution < -0.4 is 0 Å². The van der Waals surface area contributed by atoms with Gasteiger partial charge in [-0.3, -0.25) is 0 Å². The molecule has 5 nitrogen and oxygen atoms in total. The molecule has 0 aliphatic carbocycles. The van der Waals surface area contributed by atoms with Crippen molar-refractivity contribution < 1.29 is 9.90 Å². The van der Waals surface area contributed by atoms with E-state index in [2.05, 4.69) is 28.4 Å². The minimum Gasteiger partial charge on any atom is -0.477 e. The SMILES string of the molecule is CCCCCCCCCCc1nc2cnc(C(=O)O)cc2n1CC. The summed E-state index contributed by atoms with van der Waals surface area (Å²) in [7, 11) is 0. The van der Waals surface area contributed by atoms with E-state index in [0.717, 1.165) is 36.2 Å². The van der Waals surface area contributed by atoms with Gasteiger partial charge in [-0.25, -0.2) is 14.8 Å². The third-order valence-electron chi connectivity index (χ3n) is 4.50.